The molecule has 0 amide bonds. The Balaban J connectivity index is 1.95. The number of benzene rings is 2. The molecule has 0 bridgehead atoms. The molecule has 0 spiro atoms. The maximum atomic E-state index is 13.4. The van der Waals surface area contributed by atoms with E-state index in [1.54, 1.807) is 16.7 Å². The number of aromatic nitrogens is 2. The van der Waals surface area contributed by atoms with E-state index in [-0.39, 0.29) is 5.56 Å². The third-order valence-corrected chi connectivity index (χ3v) is 5.00. The van der Waals surface area contributed by atoms with E-state index in [2.05, 4.69) is 4.98 Å². The van der Waals surface area contributed by atoms with Crippen molar-refractivity contribution in [2.24, 2.45) is 0 Å². The van der Waals surface area contributed by atoms with Gasteiger partial charge in [-0.2, -0.15) is 0 Å². The molecule has 0 aliphatic heterocycles. The summed E-state index contributed by atoms with van der Waals surface area (Å²) in [7, 11) is 3.88. The zero-order chi connectivity index (χ0) is 18.7. The first-order valence-electron chi connectivity index (χ1n) is 8.17. The molecule has 0 unspecified atom stereocenters. The van der Waals surface area contributed by atoms with Crippen molar-refractivity contribution < 1.29 is 8.78 Å². The number of hydrogen-bond donors (Lipinski definition) is 0. The molecule has 0 radical (unpaired) electrons. The van der Waals surface area contributed by atoms with Crippen molar-refractivity contribution in [1.82, 2.24) is 14.5 Å². The number of hydrogen-bond acceptors (Lipinski definition) is 4. The van der Waals surface area contributed by atoms with E-state index in [1.807, 2.05) is 31.1 Å². The van der Waals surface area contributed by atoms with Crippen LogP contribution < -0.4 is 5.56 Å². The van der Waals surface area contributed by atoms with Gasteiger partial charge in [0, 0.05) is 18.8 Å². The molecule has 1 aromatic heterocycles. The van der Waals surface area contributed by atoms with Gasteiger partial charge in [0.2, 0.25) is 0 Å². The molecule has 26 heavy (non-hydrogen) atoms. The summed E-state index contributed by atoms with van der Waals surface area (Å²) in [6.07, 6.45) is 0. The van der Waals surface area contributed by atoms with Crippen molar-refractivity contribution in [3.8, 4) is 0 Å². The van der Waals surface area contributed by atoms with Crippen LogP contribution >= 0.6 is 11.8 Å². The highest BCUT2D eigenvalue weighted by Crippen LogP contribution is 2.23. The second kappa shape index (κ2) is 7.97. The molecule has 0 fully saturated rings. The summed E-state index contributed by atoms with van der Waals surface area (Å²) in [5.41, 5.74) is 1.17. The lowest BCUT2D eigenvalue weighted by Gasteiger charge is -2.15. The fourth-order valence-electron chi connectivity index (χ4n) is 2.53. The van der Waals surface area contributed by atoms with Crippen molar-refractivity contribution in [2.75, 3.05) is 20.6 Å². The lowest BCUT2D eigenvalue weighted by molar-refractivity contribution is 0.371. The summed E-state index contributed by atoms with van der Waals surface area (Å²) in [6.45, 7) is 1.20. The summed E-state index contributed by atoms with van der Waals surface area (Å²) in [5.74, 6) is -1.35. The molecular formula is C19H19F2N3OS. The van der Waals surface area contributed by atoms with E-state index in [4.69, 9.17) is 0 Å². The smallest absolute Gasteiger partial charge is 0.262 e. The Bertz CT molecular complexity index is 988. The molecule has 7 heteroatoms. The van der Waals surface area contributed by atoms with Gasteiger partial charge in [-0.3, -0.25) is 9.36 Å². The van der Waals surface area contributed by atoms with Gasteiger partial charge in [-0.05, 0) is 43.9 Å². The Kier molecular flexibility index (Phi) is 5.68. The second-order valence-electron chi connectivity index (χ2n) is 6.21. The first-order chi connectivity index (χ1) is 12.5. The van der Waals surface area contributed by atoms with Crippen molar-refractivity contribution in [3.05, 3.63) is 70.0 Å². The summed E-state index contributed by atoms with van der Waals surface area (Å²) in [5, 5.41) is 1.14. The molecule has 0 saturated heterocycles. The lowest BCUT2D eigenvalue weighted by atomic mass is 10.2. The van der Waals surface area contributed by atoms with Crippen molar-refractivity contribution in [3.63, 3.8) is 0 Å². The highest BCUT2D eigenvalue weighted by atomic mass is 32.2. The standard InChI is InChI=1S/C19H19F2N3OS/c1-23(2)9-10-24-18(25)14-5-3-4-6-17(14)22-19(24)26-12-13-7-8-15(20)16(21)11-13/h3-8,11H,9-10,12H2,1-2H3. The van der Waals surface area contributed by atoms with Gasteiger partial charge < -0.3 is 4.90 Å². The summed E-state index contributed by atoms with van der Waals surface area (Å²) >= 11 is 1.34. The molecule has 3 rings (SSSR count). The maximum absolute atomic E-state index is 13.4. The number of para-hydroxylation sites is 1. The highest BCUT2D eigenvalue weighted by Gasteiger charge is 2.12. The largest absolute Gasteiger partial charge is 0.308 e. The average Bonchev–Trinajstić information content (AvgIpc) is 2.62. The van der Waals surface area contributed by atoms with Crippen LogP contribution in [0.15, 0.2) is 52.4 Å². The Labute approximate surface area is 154 Å². The summed E-state index contributed by atoms with van der Waals surface area (Å²) < 4.78 is 28.1. The predicted octanol–water partition coefficient (Wildman–Crippen LogP) is 3.53. The minimum absolute atomic E-state index is 0.0924. The monoisotopic (exact) mass is 375 g/mol. The fraction of sp³-hybridized carbons (Fsp3) is 0.263. The molecule has 0 atom stereocenters. The van der Waals surface area contributed by atoms with E-state index in [9.17, 15) is 13.6 Å². The van der Waals surface area contributed by atoms with Crippen LogP contribution in [0.4, 0.5) is 8.78 Å². The fourth-order valence-corrected chi connectivity index (χ4v) is 3.50. The number of likely N-dealkylation sites (N-methyl/N-ethyl adjacent to an activating group) is 1. The summed E-state index contributed by atoms with van der Waals surface area (Å²) in [6, 6.07) is 11.0. The van der Waals surface area contributed by atoms with E-state index >= 15 is 0 Å². The molecular weight excluding hydrogens is 356 g/mol. The van der Waals surface area contributed by atoms with Crippen molar-refractivity contribution >= 4 is 22.7 Å². The molecule has 0 aliphatic rings. The van der Waals surface area contributed by atoms with Crippen LogP contribution in [0.5, 0.6) is 0 Å². The first kappa shape index (κ1) is 18.5. The average molecular weight is 375 g/mol. The van der Waals surface area contributed by atoms with Crippen LogP contribution in [-0.2, 0) is 12.3 Å². The van der Waals surface area contributed by atoms with Gasteiger partial charge in [-0.15, -0.1) is 0 Å². The van der Waals surface area contributed by atoms with Crippen LogP contribution in [0.3, 0.4) is 0 Å². The van der Waals surface area contributed by atoms with Gasteiger partial charge in [0.25, 0.3) is 5.56 Å². The van der Waals surface area contributed by atoms with Gasteiger partial charge in [0.15, 0.2) is 16.8 Å². The van der Waals surface area contributed by atoms with Gasteiger partial charge in [-0.1, -0.05) is 30.0 Å². The Morgan fingerprint density at radius 3 is 2.62 bits per heavy atom. The molecule has 3 aromatic rings. The van der Waals surface area contributed by atoms with Crippen LogP contribution in [0.1, 0.15) is 5.56 Å². The quantitative estimate of drug-likeness (QED) is 0.488. The number of halogens is 2. The van der Waals surface area contributed by atoms with Crippen LogP contribution in [0, 0.1) is 11.6 Å². The first-order valence-corrected chi connectivity index (χ1v) is 9.15. The van der Waals surface area contributed by atoms with Gasteiger partial charge in [-0.25, -0.2) is 13.8 Å². The number of thioether (sulfide) groups is 1. The van der Waals surface area contributed by atoms with E-state index in [1.165, 1.54) is 23.9 Å². The van der Waals surface area contributed by atoms with Crippen LogP contribution in [0.2, 0.25) is 0 Å². The molecule has 0 saturated carbocycles. The molecule has 2 aromatic carbocycles. The molecule has 0 aliphatic carbocycles. The summed E-state index contributed by atoms with van der Waals surface area (Å²) in [4.78, 5) is 19.5. The molecule has 1 heterocycles. The van der Waals surface area contributed by atoms with E-state index in [0.29, 0.717) is 40.5 Å². The lowest BCUT2D eigenvalue weighted by Crippen LogP contribution is -2.28. The third-order valence-electron chi connectivity index (χ3n) is 3.95. The second-order valence-corrected chi connectivity index (χ2v) is 7.15. The third kappa shape index (κ3) is 4.11. The van der Waals surface area contributed by atoms with Crippen LogP contribution in [-0.4, -0.2) is 35.1 Å². The number of rotatable bonds is 6. The SMILES string of the molecule is CN(C)CCn1c(SCc2ccc(F)c(F)c2)nc2ccccc2c1=O. The topological polar surface area (TPSA) is 38.1 Å². The Morgan fingerprint density at radius 1 is 1.12 bits per heavy atom. The van der Waals surface area contributed by atoms with Crippen LogP contribution in [0.25, 0.3) is 10.9 Å². The van der Waals surface area contributed by atoms with Crippen molar-refractivity contribution in [1.29, 1.82) is 0 Å². The molecule has 0 N–H and O–H groups in total. The minimum Gasteiger partial charge on any atom is -0.308 e. The zero-order valence-corrected chi connectivity index (χ0v) is 15.4. The minimum atomic E-state index is -0.875. The maximum Gasteiger partial charge on any atom is 0.262 e. The number of fused-ring (bicyclic) bond motifs is 1. The molecule has 4 nitrogen and oxygen atoms in total. The Morgan fingerprint density at radius 2 is 1.88 bits per heavy atom. The van der Waals surface area contributed by atoms with Gasteiger partial charge in [0.05, 0.1) is 10.9 Å². The van der Waals surface area contributed by atoms with E-state index in [0.717, 1.165) is 6.07 Å². The van der Waals surface area contributed by atoms with Gasteiger partial charge >= 0.3 is 0 Å². The normalized spacial score (nSPS) is 11.4. The van der Waals surface area contributed by atoms with E-state index < -0.39 is 11.6 Å². The van der Waals surface area contributed by atoms with Crippen molar-refractivity contribution in [2.45, 2.75) is 17.5 Å². The number of nitrogens with zero attached hydrogens (tertiary/aromatic N) is 3. The highest BCUT2D eigenvalue weighted by molar-refractivity contribution is 7.98. The molecule has 136 valence electrons. The van der Waals surface area contributed by atoms with Gasteiger partial charge in [0.1, 0.15) is 0 Å². The zero-order valence-electron chi connectivity index (χ0n) is 14.6. The Hall–Kier alpha value is -2.25. The predicted molar refractivity (Wildman–Crippen MR) is 100 cm³/mol.